The summed E-state index contributed by atoms with van der Waals surface area (Å²) in [5.41, 5.74) is 15.6. The number of fused-ring (bicyclic) bond motifs is 17. The van der Waals surface area contributed by atoms with Crippen LogP contribution in [-0.4, -0.2) is 18.3 Å². The lowest BCUT2D eigenvalue weighted by molar-refractivity contribution is 0.677. The Morgan fingerprint density at radius 3 is 0.754 bits per heavy atom. The molecule has 15 aromatic rings. The minimum absolute atomic E-state index is 0.911. The van der Waals surface area contributed by atoms with E-state index in [4.69, 9.17) is 4.42 Å². The number of benzene rings is 10. The van der Waals surface area contributed by atoms with Crippen molar-refractivity contribution in [3.05, 3.63) is 218 Å². The highest BCUT2D eigenvalue weighted by atomic mass is 16.3. The van der Waals surface area contributed by atoms with E-state index < -0.39 is 0 Å². The Morgan fingerprint density at radius 1 is 0.200 bits per heavy atom. The molecule has 0 bridgehead atoms. The maximum atomic E-state index is 7.26. The number of nitrogens with zero attached hydrogens (tertiary/aromatic N) is 4. The summed E-state index contributed by atoms with van der Waals surface area (Å²) in [5, 5.41) is 11.9. The van der Waals surface area contributed by atoms with Gasteiger partial charge in [0.15, 0.2) is 0 Å². The average molecular weight is 829 g/mol. The van der Waals surface area contributed by atoms with Gasteiger partial charge in [0.05, 0.1) is 54.9 Å². The maximum Gasteiger partial charge on any atom is 0.145 e. The highest BCUT2D eigenvalue weighted by Crippen LogP contribution is 2.45. The van der Waals surface area contributed by atoms with Crippen molar-refractivity contribution < 1.29 is 4.42 Å². The summed E-state index contributed by atoms with van der Waals surface area (Å²) in [4.78, 5) is 0. The molecule has 5 aromatic heterocycles. The molecule has 65 heavy (non-hydrogen) atoms. The number of hydrogen-bond donors (Lipinski definition) is 0. The van der Waals surface area contributed by atoms with Gasteiger partial charge in [-0.25, -0.2) is 0 Å². The Hall–Kier alpha value is -8.80. The molecule has 0 aliphatic rings. The standard InChI is InChI=1S/C60H36N4O/c1-7-19-49-41(13-1)42-14-2-8-20-50(42)61(49)37-25-29-39(30-26-37)63-53-23-11-5-17-47(53)57-55(63)35-33-45-46-34-36-56-58(60(46)65-59(45)57)48-18-6-12-24-54(48)64(56)40-31-27-38(28-32-40)62-51-21-9-3-15-43(51)44-16-4-10-22-52(44)62/h1-36H. The van der Waals surface area contributed by atoms with E-state index in [9.17, 15) is 0 Å². The monoisotopic (exact) mass is 828 g/mol. The molecule has 5 heterocycles. The summed E-state index contributed by atoms with van der Waals surface area (Å²) in [7, 11) is 0. The predicted octanol–water partition coefficient (Wildman–Crippen LogP) is 16.0. The second kappa shape index (κ2) is 12.9. The van der Waals surface area contributed by atoms with Crippen molar-refractivity contribution in [1.82, 2.24) is 18.3 Å². The van der Waals surface area contributed by atoms with E-state index in [-0.39, 0.29) is 0 Å². The van der Waals surface area contributed by atoms with Gasteiger partial charge < -0.3 is 22.7 Å². The number of rotatable bonds is 4. The van der Waals surface area contributed by atoms with Crippen LogP contribution in [0.25, 0.3) is 132 Å². The first kappa shape index (κ1) is 34.7. The van der Waals surface area contributed by atoms with E-state index >= 15 is 0 Å². The number of aromatic nitrogens is 4. The average Bonchev–Trinajstić information content (AvgIpc) is 4.17. The normalized spacial score (nSPS) is 12.3. The molecule has 0 atom stereocenters. The Morgan fingerprint density at radius 2 is 0.446 bits per heavy atom. The molecule has 0 fully saturated rings. The first-order valence-electron chi connectivity index (χ1n) is 22.3. The quantitative estimate of drug-likeness (QED) is 0.174. The molecule has 5 nitrogen and oxygen atoms in total. The van der Waals surface area contributed by atoms with E-state index in [0.717, 1.165) is 77.5 Å². The zero-order valence-electron chi connectivity index (χ0n) is 35.0. The van der Waals surface area contributed by atoms with Gasteiger partial charge in [-0.15, -0.1) is 0 Å². The molecule has 0 aliphatic heterocycles. The zero-order valence-corrected chi connectivity index (χ0v) is 35.0. The van der Waals surface area contributed by atoms with Crippen molar-refractivity contribution in [1.29, 1.82) is 0 Å². The minimum Gasteiger partial charge on any atom is -0.455 e. The van der Waals surface area contributed by atoms with Crippen LogP contribution in [0.3, 0.4) is 0 Å². The van der Waals surface area contributed by atoms with Crippen molar-refractivity contribution in [3.8, 4) is 22.7 Å². The summed E-state index contributed by atoms with van der Waals surface area (Å²) in [6.45, 7) is 0. The molecule has 0 unspecified atom stereocenters. The Labute approximate surface area is 371 Å². The van der Waals surface area contributed by atoms with Gasteiger partial charge in [0.1, 0.15) is 11.2 Å². The molecule has 0 spiro atoms. The van der Waals surface area contributed by atoms with Crippen LogP contribution in [0, 0.1) is 0 Å². The molecular formula is C60H36N4O. The summed E-state index contributed by atoms with van der Waals surface area (Å²) >= 11 is 0. The van der Waals surface area contributed by atoms with E-state index in [1.54, 1.807) is 0 Å². The lowest BCUT2D eigenvalue weighted by Crippen LogP contribution is -1.97. The number of para-hydroxylation sites is 6. The van der Waals surface area contributed by atoms with Crippen LogP contribution in [-0.2, 0) is 0 Å². The maximum absolute atomic E-state index is 7.26. The number of hydrogen-bond acceptors (Lipinski definition) is 1. The SMILES string of the molecule is c1ccc2c(c1)c1ccccc1n2-c1ccc(-n2c3ccccc3c3c4oc5c(ccc6c5c5ccccc5n6-c5ccc(-n6c7ccccc7c7ccccc76)cc5)c4ccc32)cc1. The molecule has 0 aliphatic carbocycles. The topological polar surface area (TPSA) is 32.9 Å². The summed E-state index contributed by atoms with van der Waals surface area (Å²) in [6.07, 6.45) is 0. The molecule has 0 amide bonds. The highest BCUT2D eigenvalue weighted by Gasteiger charge is 2.23. The van der Waals surface area contributed by atoms with Gasteiger partial charge in [-0.05, 0) is 109 Å². The molecule has 0 radical (unpaired) electrons. The van der Waals surface area contributed by atoms with Crippen molar-refractivity contribution in [2.24, 2.45) is 0 Å². The molecule has 0 N–H and O–H groups in total. The van der Waals surface area contributed by atoms with Crippen molar-refractivity contribution >= 4 is 109 Å². The van der Waals surface area contributed by atoms with Gasteiger partial charge in [0, 0.05) is 65.8 Å². The van der Waals surface area contributed by atoms with Gasteiger partial charge >= 0.3 is 0 Å². The van der Waals surface area contributed by atoms with Crippen molar-refractivity contribution in [2.75, 3.05) is 0 Å². The fourth-order valence-corrected chi connectivity index (χ4v) is 11.3. The van der Waals surface area contributed by atoms with Crippen molar-refractivity contribution in [3.63, 3.8) is 0 Å². The Bertz CT molecular complexity index is 4060. The summed E-state index contributed by atoms with van der Waals surface area (Å²) in [6, 6.07) is 79.2. The van der Waals surface area contributed by atoms with Crippen LogP contribution < -0.4 is 0 Å². The first-order chi connectivity index (χ1) is 32.3. The highest BCUT2D eigenvalue weighted by molar-refractivity contribution is 6.29. The second-order valence-electron chi connectivity index (χ2n) is 17.3. The van der Waals surface area contributed by atoms with Gasteiger partial charge in [-0.1, -0.05) is 109 Å². The Balaban J connectivity index is 0.903. The fourth-order valence-electron chi connectivity index (χ4n) is 11.3. The van der Waals surface area contributed by atoms with E-state index in [1.807, 2.05) is 0 Å². The molecular weight excluding hydrogens is 793 g/mol. The molecule has 0 saturated heterocycles. The third kappa shape index (κ3) is 4.65. The van der Waals surface area contributed by atoms with E-state index in [2.05, 4.69) is 237 Å². The Kier molecular flexibility index (Phi) is 6.89. The lowest BCUT2D eigenvalue weighted by atomic mass is 10.1. The van der Waals surface area contributed by atoms with Gasteiger partial charge in [-0.3, -0.25) is 0 Å². The summed E-state index contributed by atoms with van der Waals surface area (Å²) < 4.78 is 16.8. The minimum atomic E-state index is 0.911. The molecule has 5 heteroatoms. The molecule has 302 valence electrons. The molecule has 10 aromatic carbocycles. The fraction of sp³-hybridized carbons (Fsp3) is 0. The third-order valence-electron chi connectivity index (χ3n) is 14.0. The number of furan rings is 1. The smallest absolute Gasteiger partial charge is 0.145 e. The van der Waals surface area contributed by atoms with Gasteiger partial charge in [0.25, 0.3) is 0 Å². The van der Waals surface area contributed by atoms with Crippen LogP contribution in [0.1, 0.15) is 0 Å². The lowest BCUT2D eigenvalue weighted by Gasteiger charge is -2.11. The van der Waals surface area contributed by atoms with Crippen LogP contribution >= 0.6 is 0 Å². The van der Waals surface area contributed by atoms with Crippen LogP contribution in [0.15, 0.2) is 223 Å². The predicted molar refractivity (Wildman–Crippen MR) is 271 cm³/mol. The van der Waals surface area contributed by atoms with E-state index in [1.165, 1.54) is 54.4 Å². The van der Waals surface area contributed by atoms with E-state index in [0.29, 0.717) is 0 Å². The molecule has 15 rings (SSSR count). The summed E-state index contributed by atoms with van der Waals surface area (Å²) in [5.74, 6) is 0. The van der Waals surface area contributed by atoms with Crippen LogP contribution in [0.5, 0.6) is 0 Å². The first-order valence-corrected chi connectivity index (χ1v) is 22.3. The zero-order chi connectivity index (χ0) is 42.3. The van der Waals surface area contributed by atoms with Crippen LogP contribution in [0.4, 0.5) is 0 Å². The largest absolute Gasteiger partial charge is 0.455 e. The molecule has 0 saturated carbocycles. The second-order valence-corrected chi connectivity index (χ2v) is 17.3. The van der Waals surface area contributed by atoms with Crippen molar-refractivity contribution in [2.45, 2.75) is 0 Å². The van der Waals surface area contributed by atoms with Gasteiger partial charge in [0.2, 0.25) is 0 Å². The third-order valence-corrected chi connectivity index (χ3v) is 14.0. The van der Waals surface area contributed by atoms with Crippen LogP contribution in [0.2, 0.25) is 0 Å². The van der Waals surface area contributed by atoms with Gasteiger partial charge in [-0.2, -0.15) is 0 Å².